The van der Waals surface area contributed by atoms with Gasteiger partial charge in [-0.15, -0.1) is 0 Å². The summed E-state index contributed by atoms with van der Waals surface area (Å²) in [7, 11) is 1.38. The minimum absolute atomic E-state index is 0.217. The fourth-order valence-corrected chi connectivity index (χ4v) is 8.12. The van der Waals surface area contributed by atoms with Gasteiger partial charge in [0.15, 0.2) is 11.6 Å². The van der Waals surface area contributed by atoms with Gasteiger partial charge in [0, 0.05) is 74.9 Å². The summed E-state index contributed by atoms with van der Waals surface area (Å²) < 4.78 is 4.88. The van der Waals surface area contributed by atoms with Crippen molar-refractivity contribution in [3.8, 4) is 22.5 Å². The lowest BCUT2D eigenvalue weighted by Crippen LogP contribution is -2.47. The van der Waals surface area contributed by atoms with Gasteiger partial charge in [-0.05, 0) is 60.7 Å². The first-order valence-corrected chi connectivity index (χ1v) is 21.1. The molecule has 2 aliphatic heterocycles. The Labute approximate surface area is 365 Å². The number of hydrogen-bond donors (Lipinski definition) is 1. The van der Waals surface area contributed by atoms with Crippen LogP contribution in [0, 0.1) is 0 Å². The highest BCUT2D eigenvalue weighted by Gasteiger charge is 2.25. The summed E-state index contributed by atoms with van der Waals surface area (Å²) in [4.78, 5) is 52.5. The van der Waals surface area contributed by atoms with E-state index in [1.807, 2.05) is 66.7 Å². The quantitative estimate of drug-likeness (QED) is 0.147. The molecule has 12 heteroatoms. The van der Waals surface area contributed by atoms with Gasteiger partial charge in [-0.1, -0.05) is 97.1 Å². The molecule has 6 aromatic carbocycles. The van der Waals surface area contributed by atoms with Crippen LogP contribution in [0.3, 0.4) is 0 Å². The van der Waals surface area contributed by atoms with Crippen LogP contribution in [0.1, 0.15) is 20.7 Å². The molecule has 314 valence electrons. The number of para-hydroxylation sites is 2. The molecule has 0 spiro atoms. The predicted octanol–water partition coefficient (Wildman–Crippen LogP) is 8.73. The van der Waals surface area contributed by atoms with Gasteiger partial charge in [-0.2, -0.15) is 0 Å². The molecule has 1 N–H and O–H groups in total. The second-order valence-electron chi connectivity index (χ2n) is 15.3. The number of hydrogen-bond acceptors (Lipinski definition) is 11. The summed E-state index contributed by atoms with van der Waals surface area (Å²) in [5.41, 5.74) is 9.59. The minimum atomic E-state index is -0.964. The zero-order valence-corrected chi connectivity index (χ0v) is 34.9. The van der Waals surface area contributed by atoms with Crippen molar-refractivity contribution < 1.29 is 19.4 Å². The number of aromatic carboxylic acids is 1. The number of benzene rings is 6. The zero-order valence-electron chi connectivity index (χ0n) is 34.9. The second kappa shape index (κ2) is 18.4. The Morgan fingerprint density at radius 2 is 0.810 bits per heavy atom. The molecule has 0 saturated carbocycles. The maximum atomic E-state index is 12.0. The number of methoxy groups -OCH3 is 1. The molecule has 4 heterocycles. The monoisotopic (exact) mass is 834 g/mol. The van der Waals surface area contributed by atoms with Crippen molar-refractivity contribution in [2.24, 2.45) is 0 Å². The van der Waals surface area contributed by atoms with Gasteiger partial charge in [0.05, 0.1) is 40.3 Å². The van der Waals surface area contributed by atoms with Gasteiger partial charge in [0.1, 0.15) is 11.4 Å². The number of nitrogens with zero attached hydrogens (tertiary/aromatic N) is 8. The van der Waals surface area contributed by atoms with Crippen molar-refractivity contribution in [1.29, 1.82) is 0 Å². The number of piperazine rings is 2. The summed E-state index contributed by atoms with van der Waals surface area (Å²) in [5, 5.41) is 9.37. The van der Waals surface area contributed by atoms with Crippen LogP contribution in [0.15, 0.2) is 158 Å². The van der Waals surface area contributed by atoms with E-state index in [2.05, 4.69) is 80.3 Å². The Balaban J connectivity index is 0.000000160. The third-order valence-corrected chi connectivity index (χ3v) is 11.5. The molecule has 0 amide bonds. The highest BCUT2D eigenvalue weighted by atomic mass is 16.5. The number of aromatic nitrogens is 4. The Hall–Kier alpha value is -7.86. The molecule has 0 aliphatic carbocycles. The highest BCUT2D eigenvalue weighted by Crippen LogP contribution is 2.33. The first kappa shape index (κ1) is 40.5. The third kappa shape index (κ3) is 8.96. The zero-order chi connectivity index (χ0) is 43.1. The number of carbonyl (C=O) groups excluding carboxylic acids is 1. The Bertz CT molecular complexity index is 2850. The molecule has 63 heavy (non-hydrogen) atoms. The molecule has 8 aromatic rings. The molecule has 0 bridgehead atoms. The van der Waals surface area contributed by atoms with Gasteiger partial charge < -0.3 is 29.4 Å². The van der Waals surface area contributed by atoms with Crippen molar-refractivity contribution in [3.05, 3.63) is 169 Å². The fraction of sp³-hybridized carbons (Fsp3) is 0.176. The predicted molar refractivity (Wildman–Crippen MR) is 250 cm³/mol. The Morgan fingerprint density at radius 3 is 1.21 bits per heavy atom. The SMILES string of the molecule is COC(=O)c1ccc2nc(-c3ccccc3)c(N3CCN(c4ccccc4)CC3)nc2c1.O=C(O)c1ccc2nc(-c3ccccc3)c(N3CCN(c4ccccc4)CC3)nc2c1. The maximum absolute atomic E-state index is 12.0. The highest BCUT2D eigenvalue weighted by molar-refractivity contribution is 5.95. The van der Waals surface area contributed by atoms with Gasteiger partial charge >= 0.3 is 11.9 Å². The molecule has 0 atom stereocenters. The van der Waals surface area contributed by atoms with E-state index in [-0.39, 0.29) is 11.5 Å². The van der Waals surface area contributed by atoms with Gasteiger partial charge in [0.2, 0.25) is 0 Å². The fourth-order valence-electron chi connectivity index (χ4n) is 8.12. The summed E-state index contributed by atoms with van der Waals surface area (Å²) in [6, 6.07) is 51.3. The van der Waals surface area contributed by atoms with E-state index in [0.717, 1.165) is 92.0 Å². The number of fused-ring (bicyclic) bond motifs is 2. The maximum Gasteiger partial charge on any atom is 0.337 e. The minimum Gasteiger partial charge on any atom is -0.478 e. The molecule has 12 nitrogen and oxygen atoms in total. The van der Waals surface area contributed by atoms with Crippen LogP contribution >= 0.6 is 0 Å². The van der Waals surface area contributed by atoms with Crippen LogP contribution in [-0.4, -0.2) is 96.4 Å². The summed E-state index contributed by atoms with van der Waals surface area (Å²) in [6.07, 6.45) is 0. The van der Waals surface area contributed by atoms with Crippen LogP contribution in [0.2, 0.25) is 0 Å². The number of esters is 1. The number of rotatable bonds is 8. The molecular formula is C51H46N8O4. The Morgan fingerprint density at radius 1 is 0.444 bits per heavy atom. The van der Waals surface area contributed by atoms with Crippen molar-refractivity contribution in [3.63, 3.8) is 0 Å². The van der Waals surface area contributed by atoms with Crippen LogP contribution < -0.4 is 19.6 Å². The average molecular weight is 835 g/mol. The lowest BCUT2D eigenvalue weighted by Gasteiger charge is -2.37. The molecule has 2 aromatic heterocycles. The van der Waals surface area contributed by atoms with Crippen molar-refractivity contribution in [2.45, 2.75) is 0 Å². The van der Waals surface area contributed by atoms with Crippen LogP contribution in [0.25, 0.3) is 44.6 Å². The molecule has 10 rings (SSSR count). The van der Waals surface area contributed by atoms with E-state index in [4.69, 9.17) is 24.7 Å². The summed E-state index contributed by atoms with van der Waals surface area (Å²) >= 11 is 0. The first-order valence-electron chi connectivity index (χ1n) is 21.1. The van der Waals surface area contributed by atoms with Gasteiger partial charge in [-0.3, -0.25) is 0 Å². The molecule has 2 fully saturated rings. The lowest BCUT2D eigenvalue weighted by atomic mass is 10.1. The van der Waals surface area contributed by atoms with E-state index in [0.29, 0.717) is 22.1 Å². The number of ether oxygens (including phenoxy) is 1. The third-order valence-electron chi connectivity index (χ3n) is 11.5. The van der Waals surface area contributed by atoms with Gasteiger partial charge in [0.25, 0.3) is 0 Å². The molecule has 2 aliphatic rings. The topological polar surface area (TPSA) is 128 Å². The molecule has 2 saturated heterocycles. The average Bonchev–Trinajstić information content (AvgIpc) is 3.36. The standard InChI is InChI=1S/C26H24N4O2.C25H22N4O2/c1-32-26(31)20-12-13-22-23(18-20)28-25(24(27-22)19-8-4-2-5-9-19)30-16-14-29(15-17-30)21-10-6-3-7-11-21;30-25(31)19-11-12-21-22(17-19)27-24(23(26-21)18-7-3-1-4-8-18)29-15-13-28(14-16-29)20-9-5-2-6-10-20/h2-13,18H,14-17H2,1H3;1-12,17H,13-16H2,(H,30,31). The van der Waals surface area contributed by atoms with Crippen LogP contribution in [-0.2, 0) is 4.74 Å². The normalized spacial score (nSPS) is 14.0. The number of anilines is 4. The largest absolute Gasteiger partial charge is 0.478 e. The first-order chi connectivity index (χ1) is 30.9. The van der Waals surface area contributed by atoms with Crippen molar-refractivity contribution in [1.82, 2.24) is 19.9 Å². The van der Waals surface area contributed by atoms with E-state index in [9.17, 15) is 14.7 Å². The number of carboxylic acid groups (broad SMARTS) is 1. The van der Waals surface area contributed by atoms with Gasteiger partial charge in [-0.25, -0.2) is 29.5 Å². The second-order valence-corrected chi connectivity index (χ2v) is 15.3. The van der Waals surface area contributed by atoms with E-state index in [1.165, 1.54) is 18.5 Å². The molecule has 0 radical (unpaired) electrons. The van der Waals surface area contributed by atoms with E-state index < -0.39 is 5.97 Å². The molecule has 0 unspecified atom stereocenters. The van der Waals surface area contributed by atoms with Crippen molar-refractivity contribution >= 4 is 57.0 Å². The van der Waals surface area contributed by atoms with Crippen LogP contribution in [0.4, 0.5) is 23.0 Å². The van der Waals surface area contributed by atoms with Crippen molar-refractivity contribution in [2.75, 3.05) is 79.1 Å². The number of carboxylic acids is 1. The van der Waals surface area contributed by atoms with E-state index in [1.54, 1.807) is 30.3 Å². The van der Waals surface area contributed by atoms with Crippen LogP contribution in [0.5, 0.6) is 0 Å². The summed E-state index contributed by atoms with van der Waals surface area (Å²) in [5.74, 6) is 0.306. The summed E-state index contributed by atoms with van der Waals surface area (Å²) in [6.45, 7) is 6.87. The molecular weight excluding hydrogens is 789 g/mol. The Kier molecular flexibility index (Phi) is 11.8. The number of carbonyl (C=O) groups is 2. The smallest absolute Gasteiger partial charge is 0.337 e. The van der Waals surface area contributed by atoms with E-state index >= 15 is 0 Å². The lowest BCUT2D eigenvalue weighted by molar-refractivity contribution is 0.0600.